The van der Waals surface area contributed by atoms with E-state index in [1.165, 1.54) is 0 Å². The third-order valence-corrected chi connectivity index (χ3v) is 4.14. The van der Waals surface area contributed by atoms with Gasteiger partial charge in [0.05, 0.1) is 0 Å². The second-order valence-electron chi connectivity index (χ2n) is 6.08. The van der Waals surface area contributed by atoms with Gasteiger partial charge in [0, 0.05) is 57.4 Å². The number of anilines is 2. The topological polar surface area (TPSA) is 74.2 Å². The Bertz CT molecular complexity index is 682. The monoisotopic (exact) mass is 326 g/mol. The lowest BCUT2D eigenvalue weighted by atomic mass is 10.0. The fourth-order valence-corrected chi connectivity index (χ4v) is 2.74. The largest absolute Gasteiger partial charge is 0.363 e. The van der Waals surface area contributed by atoms with E-state index < -0.39 is 0 Å². The lowest BCUT2D eigenvalue weighted by Gasteiger charge is -2.32. The van der Waals surface area contributed by atoms with Gasteiger partial charge in [0.15, 0.2) is 0 Å². The summed E-state index contributed by atoms with van der Waals surface area (Å²) in [5.41, 5.74) is 0.648. The normalized spacial score (nSPS) is 15.2. The third-order valence-electron chi connectivity index (χ3n) is 4.14. The van der Waals surface area contributed by atoms with Gasteiger partial charge in [-0.05, 0) is 31.0 Å². The molecule has 1 aliphatic heterocycles. The van der Waals surface area contributed by atoms with Gasteiger partial charge < -0.3 is 15.1 Å². The van der Waals surface area contributed by atoms with E-state index in [0.717, 1.165) is 37.7 Å². The molecule has 7 heteroatoms. The van der Waals surface area contributed by atoms with E-state index in [1.807, 2.05) is 25.1 Å². The number of amides is 1. The van der Waals surface area contributed by atoms with Crippen molar-refractivity contribution >= 4 is 17.7 Å². The van der Waals surface area contributed by atoms with E-state index in [2.05, 4.69) is 25.2 Å². The average Bonchev–Trinajstić information content (AvgIpc) is 2.63. The summed E-state index contributed by atoms with van der Waals surface area (Å²) in [4.78, 5) is 29.2. The first-order valence-electron chi connectivity index (χ1n) is 8.09. The summed E-state index contributed by atoms with van der Waals surface area (Å²) < 4.78 is 0. The van der Waals surface area contributed by atoms with Crippen molar-refractivity contribution in [2.24, 2.45) is 0 Å². The molecule has 3 rings (SSSR count). The van der Waals surface area contributed by atoms with Crippen LogP contribution < -0.4 is 15.1 Å². The van der Waals surface area contributed by atoms with Crippen molar-refractivity contribution in [3.63, 3.8) is 0 Å². The molecule has 0 aromatic carbocycles. The average molecular weight is 326 g/mol. The molecular formula is C17H22N6O. The number of hydrogen-bond acceptors (Lipinski definition) is 6. The van der Waals surface area contributed by atoms with Crippen molar-refractivity contribution in [1.29, 1.82) is 0 Å². The number of carbonyl (C=O) groups excluding carboxylic acids is 1. The Kier molecular flexibility index (Phi) is 4.88. The van der Waals surface area contributed by atoms with E-state index in [9.17, 15) is 4.79 Å². The molecule has 7 nitrogen and oxygen atoms in total. The highest BCUT2D eigenvalue weighted by Gasteiger charge is 2.22. The SMILES string of the molecule is CN(C)c1ccnc(N2CCC(NC(=O)c3ccncc3)CC2)n1. The number of pyridine rings is 1. The summed E-state index contributed by atoms with van der Waals surface area (Å²) >= 11 is 0. The number of rotatable bonds is 4. The minimum Gasteiger partial charge on any atom is -0.363 e. The van der Waals surface area contributed by atoms with Crippen molar-refractivity contribution in [1.82, 2.24) is 20.3 Å². The van der Waals surface area contributed by atoms with E-state index >= 15 is 0 Å². The molecule has 0 saturated carbocycles. The zero-order valence-corrected chi connectivity index (χ0v) is 14.0. The molecule has 0 unspecified atom stereocenters. The lowest BCUT2D eigenvalue weighted by molar-refractivity contribution is 0.0931. The quantitative estimate of drug-likeness (QED) is 0.914. The molecule has 1 aliphatic rings. The summed E-state index contributed by atoms with van der Waals surface area (Å²) in [6.07, 6.45) is 6.81. The molecule has 0 spiro atoms. The van der Waals surface area contributed by atoms with Gasteiger partial charge in [-0.3, -0.25) is 9.78 Å². The first-order valence-corrected chi connectivity index (χ1v) is 8.09. The van der Waals surface area contributed by atoms with Crippen LogP contribution >= 0.6 is 0 Å². The molecule has 0 bridgehead atoms. The van der Waals surface area contributed by atoms with Gasteiger partial charge in [0.25, 0.3) is 5.91 Å². The Morgan fingerprint density at radius 2 is 1.88 bits per heavy atom. The highest BCUT2D eigenvalue weighted by atomic mass is 16.1. The van der Waals surface area contributed by atoms with Crippen LogP contribution in [0.1, 0.15) is 23.2 Å². The summed E-state index contributed by atoms with van der Waals surface area (Å²) in [5.74, 6) is 1.61. The Morgan fingerprint density at radius 3 is 2.54 bits per heavy atom. The van der Waals surface area contributed by atoms with Crippen molar-refractivity contribution < 1.29 is 4.79 Å². The lowest BCUT2D eigenvalue weighted by Crippen LogP contribution is -2.45. The van der Waals surface area contributed by atoms with Gasteiger partial charge in [0.1, 0.15) is 5.82 Å². The van der Waals surface area contributed by atoms with E-state index in [-0.39, 0.29) is 11.9 Å². The molecule has 1 amide bonds. The summed E-state index contributed by atoms with van der Waals surface area (Å²) in [6.45, 7) is 1.66. The van der Waals surface area contributed by atoms with Crippen LogP contribution in [0.2, 0.25) is 0 Å². The van der Waals surface area contributed by atoms with Crippen LogP contribution in [-0.4, -0.2) is 54.1 Å². The summed E-state index contributed by atoms with van der Waals surface area (Å²) in [5, 5.41) is 3.09. The zero-order chi connectivity index (χ0) is 16.9. The van der Waals surface area contributed by atoms with Crippen LogP contribution in [0.15, 0.2) is 36.8 Å². The molecule has 3 heterocycles. The van der Waals surface area contributed by atoms with E-state index in [0.29, 0.717) is 5.56 Å². The Labute approximate surface area is 141 Å². The van der Waals surface area contributed by atoms with Gasteiger partial charge in [-0.1, -0.05) is 0 Å². The van der Waals surface area contributed by atoms with Crippen LogP contribution in [-0.2, 0) is 0 Å². The van der Waals surface area contributed by atoms with Gasteiger partial charge in [0.2, 0.25) is 5.95 Å². The summed E-state index contributed by atoms with van der Waals surface area (Å²) in [7, 11) is 3.93. The van der Waals surface area contributed by atoms with Crippen molar-refractivity contribution in [3.05, 3.63) is 42.4 Å². The molecule has 1 fully saturated rings. The van der Waals surface area contributed by atoms with Gasteiger partial charge in [-0.15, -0.1) is 0 Å². The smallest absolute Gasteiger partial charge is 0.251 e. The molecule has 2 aromatic heterocycles. The molecule has 126 valence electrons. The number of carbonyl (C=O) groups is 1. The van der Waals surface area contributed by atoms with E-state index in [4.69, 9.17) is 0 Å². The molecule has 0 aliphatic carbocycles. The number of aromatic nitrogens is 3. The minimum absolute atomic E-state index is 0.0401. The fourth-order valence-electron chi connectivity index (χ4n) is 2.74. The zero-order valence-electron chi connectivity index (χ0n) is 14.0. The standard InChI is InChI=1S/C17H22N6O/c1-22(2)15-5-10-19-17(21-15)23-11-6-14(7-12-23)20-16(24)13-3-8-18-9-4-13/h3-5,8-10,14H,6-7,11-12H2,1-2H3,(H,20,24). The molecule has 1 N–H and O–H groups in total. The van der Waals surface area contributed by atoms with Crippen LogP contribution in [0, 0.1) is 0 Å². The first-order chi connectivity index (χ1) is 11.6. The first kappa shape index (κ1) is 16.2. The van der Waals surface area contributed by atoms with Crippen LogP contribution in [0.5, 0.6) is 0 Å². The van der Waals surface area contributed by atoms with Crippen molar-refractivity contribution in [2.45, 2.75) is 18.9 Å². The second-order valence-corrected chi connectivity index (χ2v) is 6.08. The van der Waals surface area contributed by atoms with Crippen molar-refractivity contribution in [2.75, 3.05) is 37.0 Å². The number of nitrogens with zero attached hydrogens (tertiary/aromatic N) is 5. The van der Waals surface area contributed by atoms with Gasteiger partial charge in [-0.25, -0.2) is 4.98 Å². The molecule has 2 aromatic rings. The fraction of sp³-hybridized carbons (Fsp3) is 0.412. The molecular weight excluding hydrogens is 304 g/mol. The highest BCUT2D eigenvalue weighted by Crippen LogP contribution is 2.18. The maximum Gasteiger partial charge on any atom is 0.251 e. The maximum absolute atomic E-state index is 12.2. The predicted octanol–water partition coefficient (Wildman–Crippen LogP) is 1.34. The summed E-state index contributed by atoms with van der Waals surface area (Å²) in [6, 6.07) is 5.53. The Morgan fingerprint density at radius 1 is 1.17 bits per heavy atom. The van der Waals surface area contributed by atoms with Crippen molar-refractivity contribution in [3.8, 4) is 0 Å². The number of hydrogen-bond donors (Lipinski definition) is 1. The van der Waals surface area contributed by atoms with Crippen LogP contribution in [0.4, 0.5) is 11.8 Å². The second kappa shape index (κ2) is 7.25. The predicted molar refractivity (Wildman–Crippen MR) is 93.3 cm³/mol. The molecule has 0 atom stereocenters. The Hall–Kier alpha value is -2.70. The van der Waals surface area contributed by atoms with Gasteiger partial charge >= 0.3 is 0 Å². The third kappa shape index (κ3) is 3.79. The minimum atomic E-state index is -0.0401. The molecule has 1 saturated heterocycles. The van der Waals surface area contributed by atoms with E-state index in [1.54, 1.807) is 30.7 Å². The Balaban J connectivity index is 1.56. The van der Waals surface area contributed by atoms with Crippen LogP contribution in [0.25, 0.3) is 0 Å². The number of piperidine rings is 1. The number of nitrogens with one attached hydrogen (secondary N) is 1. The highest BCUT2D eigenvalue weighted by molar-refractivity contribution is 5.94. The molecule has 0 radical (unpaired) electrons. The molecule has 24 heavy (non-hydrogen) atoms. The van der Waals surface area contributed by atoms with Gasteiger partial charge in [-0.2, -0.15) is 4.98 Å². The van der Waals surface area contributed by atoms with Crippen LogP contribution in [0.3, 0.4) is 0 Å². The maximum atomic E-state index is 12.2.